The average molecular weight is 422 g/mol. The van der Waals surface area contributed by atoms with E-state index in [4.69, 9.17) is 0 Å². The van der Waals surface area contributed by atoms with Crippen molar-refractivity contribution in [3.8, 4) is 0 Å². The highest BCUT2D eigenvalue weighted by Gasteiger charge is 2.22. The van der Waals surface area contributed by atoms with E-state index >= 15 is 0 Å². The molecule has 30 heavy (non-hydrogen) atoms. The van der Waals surface area contributed by atoms with Gasteiger partial charge in [-0.2, -0.15) is 0 Å². The Morgan fingerprint density at radius 1 is 1.07 bits per heavy atom. The molecular weight excluding hydrogens is 388 g/mol. The second-order valence-corrected chi connectivity index (χ2v) is 8.52. The first-order valence-electron chi connectivity index (χ1n) is 10.8. The molecule has 1 aromatic rings. The summed E-state index contributed by atoms with van der Waals surface area (Å²) < 4.78 is 26.5. The Balaban J connectivity index is 1.51. The Morgan fingerprint density at radius 2 is 1.70 bits per heavy atom. The standard InChI is InChI=1S/C22H33F2N5O/c1-28(2)21(30)14-25-22(26-17-5-3-4-6-17)27-18-9-11-29(12-10-18)15-16-7-8-19(23)20(24)13-16/h7-8,13,17-18H,3-6,9-12,14-15H2,1-2H3,(H2,25,26,27). The first-order chi connectivity index (χ1) is 14.4. The molecule has 1 amide bonds. The smallest absolute Gasteiger partial charge is 0.243 e. The molecule has 0 atom stereocenters. The number of carbonyl (C=O) groups excluding carboxylic acids is 1. The summed E-state index contributed by atoms with van der Waals surface area (Å²) in [5.74, 6) is -0.911. The topological polar surface area (TPSA) is 60.0 Å². The molecule has 0 radical (unpaired) electrons. The van der Waals surface area contributed by atoms with Crippen LogP contribution >= 0.6 is 0 Å². The molecule has 1 aromatic carbocycles. The number of carbonyl (C=O) groups is 1. The SMILES string of the molecule is CN(C)C(=O)CN=C(NC1CCCC1)NC1CCN(Cc2ccc(F)c(F)c2)CC1. The van der Waals surface area contributed by atoms with Gasteiger partial charge in [0, 0.05) is 45.8 Å². The summed E-state index contributed by atoms with van der Waals surface area (Å²) in [6.45, 7) is 2.47. The van der Waals surface area contributed by atoms with Crippen LogP contribution in [0, 0.1) is 11.6 Å². The lowest BCUT2D eigenvalue weighted by atomic mass is 10.0. The summed E-state index contributed by atoms with van der Waals surface area (Å²) in [6.07, 6.45) is 6.57. The minimum atomic E-state index is -0.809. The number of rotatable bonds is 6. The number of nitrogens with zero attached hydrogens (tertiary/aromatic N) is 3. The molecule has 0 spiro atoms. The molecule has 0 aromatic heterocycles. The number of amides is 1. The van der Waals surface area contributed by atoms with Crippen molar-refractivity contribution in [1.29, 1.82) is 0 Å². The Morgan fingerprint density at radius 3 is 2.30 bits per heavy atom. The van der Waals surface area contributed by atoms with E-state index in [0.29, 0.717) is 12.6 Å². The molecular formula is C22H33F2N5O. The Bertz CT molecular complexity index is 741. The van der Waals surface area contributed by atoms with Crippen molar-refractivity contribution in [3.05, 3.63) is 35.4 Å². The van der Waals surface area contributed by atoms with Crippen LogP contribution in [0.4, 0.5) is 8.78 Å². The van der Waals surface area contributed by atoms with Crippen LogP contribution in [-0.2, 0) is 11.3 Å². The Labute approximate surface area is 177 Å². The minimum absolute atomic E-state index is 0.0242. The van der Waals surface area contributed by atoms with E-state index in [1.54, 1.807) is 25.1 Å². The van der Waals surface area contributed by atoms with Crippen LogP contribution in [0.15, 0.2) is 23.2 Å². The second kappa shape index (κ2) is 10.7. The highest BCUT2D eigenvalue weighted by atomic mass is 19.2. The first-order valence-corrected chi connectivity index (χ1v) is 10.8. The molecule has 1 saturated heterocycles. The Hall–Kier alpha value is -2.22. The van der Waals surface area contributed by atoms with Gasteiger partial charge in [0.15, 0.2) is 17.6 Å². The number of hydrogen-bond acceptors (Lipinski definition) is 3. The third-order valence-corrected chi connectivity index (χ3v) is 5.89. The minimum Gasteiger partial charge on any atom is -0.354 e. The number of aliphatic imine (C=N–C) groups is 1. The predicted molar refractivity (Wildman–Crippen MR) is 114 cm³/mol. The summed E-state index contributed by atoms with van der Waals surface area (Å²) in [5.41, 5.74) is 0.785. The molecule has 8 heteroatoms. The number of piperidine rings is 1. The van der Waals surface area contributed by atoms with Gasteiger partial charge < -0.3 is 15.5 Å². The summed E-state index contributed by atoms with van der Waals surface area (Å²) >= 11 is 0. The van der Waals surface area contributed by atoms with Gasteiger partial charge in [-0.05, 0) is 43.4 Å². The zero-order chi connectivity index (χ0) is 21.5. The van der Waals surface area contributed by atoms with Crippen LogP contribution in [-0.4, -0.2) is 67.5 Å². The number of hydrogen-bond donors (Lipinski definition) is 2. The molecule has 1 aliphatic heterocycles. The maximum absolute atomic E-state index is 13.4. The monoisotopic (exact) mass is 421 g/mol. The molecule has 0 unspecified atom stereocenters. The Kier molecular flexibility index (Phi) is 8.01. The van der Waals surface area contributed by atoms with Gasteiger partial charge in [-0.1, -0.05) is 18.9 Å². The maximum Gasteiger partial charge on any atom is 0.243 e. The highest BCUT2D eigenvalue weighted by Crippen LogP contribution is 2.18. The quantitative estimate of drug-likeness (QED) is 0.547. The van der Waals surface area contributed by atoms with Crippen LogP contribution in [0.1, 0.15) is 44.1 Å². The molecule has 0 bridgehead atoms. The van der Waals surface area contributed by atoms with Crippen molar-refractivity contribution in [2.24, 2.45) is 4.99 Å². The number of guanidine groups is 1. The van der Waals surface area contributed by atoms with E-state index in [2.05, 4.69) is 20.5 Å². The van der Waals surface area contributed by atoms with Gasteiger partial charge in [-0.25, -0.2) is 13.8 Å². The van der Waals surface area contributed by atoms with E-state index < -0.39 is 11.6 Å². The van der Waals surface area contributed by atoms with Crippen molar-refractivity contribution in [2.75, 3.05) is 33.7 Å². The summed E-state index contributed by atoms with van der Waals surface area (Å²) in [5, 5.41) is 7.01. The van der Waals surface area contributed by atoms with Crippen molar-refractivity contribution < 1.29 is 13.6 Å². The van der Waals surface area contributed by atoms with Gasteiger partial charge in [0.1, 0.15) is 6.54 Å². The zero-order valence-electron chi connectivity index (χ0n) is 18.0. The third kappa shape index (κ3) is 6.65. The van der Waals surface area contributed by atoms with E-state index in [0.717, 1.165) is 50.3 Å². The number of likely N-dealkylation sites (N-methyl/N-ethyl adjacent to an activating group) is 1. The van der Waals surface area contributed by atoms with Crippen LogP contribution in [0.3, 0.4) is 0 Å². The number of halogens is 2. The maximum atomic E-state index is 13.4. The fourth-order valence-corrected chi connectivity index (χ4v) is 4.01. The van der Waals surface area contributed by atoms with Crippen LogP contribution in [0.25, 0.3) is 0 Å². The number of benzene rings is 1. The van der Waals surface area contributed by atoms with Gasteiger partial charge in [0.25, 0.3) is 0 Å². The highest BCUT2D eigenvalue weighted by molar-refractivity contribution is 5.85. The van der Waals surface area contributed by atoms with E-state index in [-0.39, 0.29) is 18.5 Å². The number of likely N-dealkylation sites (tertiary alicyclic amines) is 1. The van der Waals surface area contributed by atoms with Gasteiger partial charge in [0.05, 0.1) is 0 Å². The first kappa shape index (κ1) is 22.5. The summed E-state index contributed by atoms with van der Waals surface area (Å²) in [7, 11) is 3.47. The van der Waals surface area contributed by atoms with Gasteiger partial charge in [0.2, 0.25) is 5.91 Å². The largest absolute Gasteiger partial charge is 0.354 e. The molecule has 166 valence electrons. The molecule has 1 aliphatic carbocycles. The van der Waals surface area contributed by atoms with Gasteiger partial charge in [-0.15, -0.1) is 0 Å². The molecule has 2 fully saturated rings. The van der Waals surface area contributed by atoms with Crippen molar-refractivity contribution in [2.45, 2.75) is 57.2 Å². The van der Waals surface area contributed by atoms with Crippen LogP contribution in [0.2, 0.25) is 0 Å². The van der Waals surface area contributed by atoms with Gasteiger partial charge >= 0.3 is 0 Å². The van der Waals surface area contributed by atoms with E-state index in [1.165, 1.54) is 25.0 Å². The second-order valence-electron chi connectivity index (χ2n) is 8.52. The van der Waals surface area contributed by atoms with Crippen molar-refractivity contribution in [3.63, 3.8) is 0 Å². The fourth-order valence-electron chi connectivity index (χ4n) is 4.01. The van der Waals surface area contributed by atoms with Crippen LogP contribution < -0.4 is 10.6 Å². The van der Waals surface area contributed by atoms with Crippen molar-refractivity contribution in [1.82, 2.24) is 20.4 Å². The van der Waals surface area contributed by atoms with Crippen LogP contribution in [0.5, 0.6) is 0 Å². The van der Waals surface area contributed by atoms with Gasteiger partial charge in [-0.3, -0.25) is 9.69 Å². The molecule has 2 aliphatic rings. The number of nitrogens with one attached hydrogen (secondary N) is 2. The van der Waals surface area contributed by atoms with Crippen molar-refractivity contribution >= 4 is 11.9 Å². The molecule has 1 heterocycles. The molecule has 2 N–H and O–H groups in total. The molecule has 3 rings (SSSR count). The lowest BCUT2D eigenvalue weighted by Gasteiger charge is -2.33. The zero-order valence-corrected chi connectivity index (χ0v) is 18.0. The summed E-state index contributed by atoms with van der Waals surface area (Å²) in [4.78, 5) is 20.3. The summed E-state index contributed by atoms with van der Waals surface area (Å²) in [6, 6.07) is 4.79. The lowest BCUT2D eigenvalue weighted by molar-refractivity contribution is -0.127. The predicted octanol–water partition coefficient (Wildman–Crippen LogP) is 2.50. The lowest BCUT2D eigenvalue weighted by Crippen LogP contribution is -2.50. The fraction of sp³-hybridized carbons (Fsp3) is 0.636. The third-order valence-electron chi connectivity index (χ3n) is 5.89. The van der Waals surface area contributed by atoms with E-state index in [1.807, 2.05) is 0 Å². The average Bonchev–Trinajstić information content (AvgIpc) is 3.23. The van der Waals surface area contributed by atoms with E-state index in [9.17, 15) is 13.6 Å². The normalized spacial score (nSPS) is 19.1. The molecule has 6 nitrogen and oxygen atoms in total. The molecule has 1 saturated carbocycles.